The molecule has 1 aliphatic carbocycles. The first-order chi connectivity index (χ1) is 12.3. The van der Waals surface area contributed by atoms with Crippen LogP contribution in [-0.2, 0) is 9.84 Å². The molecule has 2 aliphatic rings. The van der Waals surface area contributed by atoms with Gasteiger partial charge in [0.25, 0.3) is 5.56 Å². The van der Waals surface area contributed by atoms with Crippen LogP contribution in [0.3, 0.4) is 0 Å². The largest absolute Gasteiger partial charge is 0.368 e. The van der Waals surface area contributed by atoms with Gasteiger partial charge in [-0.15, -0.1) is 0 Å². The molecule has 0 unspecified atom stereocenters. The molecule has 2 aromatic rings. The highest BCUT2D eigenvalue weighted by Crippen LogP contribution is 2.49. The van der Waals surface area contributed by atoms with Crippen molar-refractivity contribution in [3.63, 3.8) is 0 Å². The van der Waals surface area contributed by atoms with Crippen LogP contribution in [0.15, 0.2) is 22.0 Å². The molecule has 26 heavy (non-hydrogen) atoms. The molecule has 7 nitrogen and oxygen atoms in total. The summed E-state index contributed by atoms with van der Waals surface area (Å²) in [5, 5.41) is 9.48. The second kappa shape index (κ2) is 5.81. The van der Waals surface area contributed by atoms with E-state index < -0.39 is 15.4 Å². The van der Waals surface area contributed by atoms with Crippen LogP contribution in [-0.4, -0.2) is 37.7 Å². The smallest absolute Gasteiger partial charge is 0.268 e. The molecule has 2 aromatic heterocycles. The van der Waals surface area contributed by atoms with E-state index in [1.165, 1.54) is 25.3 Å². The lowest BCUT2D eigenvalue weighted by molar-refractivity contribution is 0.0955. The van der Waals surface area contributed by atoms with Crippen LogP contribution in [0.1, 0.15) is 37.7 Å². The number of sulfone groups is 1. The second-order valence-corrected chi connectivity index (χ2v) is 9.41. The lowest BCUT2D eigenvalue weighted by Crippen LogP contribution is -2.44. The average molecular weight is 372 g/mol. The first kappa shape index (κ1) is 17.0. The summed E-state index contributed by atoms with van der Waals surface area (Å²) < 4.78 is 23.8. The predicted octanol–water partition coefficient (Wildman–Crippen LogP) is 1.97. The Bertz CT molecular complexity index is 1080. The van der Waals surface area contributed by atoms with Crippen LogP contribution < -0.4 is 10.5 Å². The molecule has 1 saturated heterocycles. The second-order valence-electron chi connectivity index (χ2n) is 7.45. The maximum atomic E-state index is 12.4. The highest BCUT2D eigenvalue weighted by atomic mass is 32.2. The van der Waals surface area contributed by atoms with Gasteiger partial charge in [-0.05, 0) is 43.2 Å². The van der Waals surface area contributed by atoms with Crippen molar-refractivity contribution in [1.29, 1.82) is 5.26 Å². The Morgan fingerprint density at radius 2 is 1.92 bits per heavy atom. The lowest BCUT2D eigenvalue weighted by atomic mass is 9.63. The third-order valence-corrected chi connectivity index (χ3v) is 6.84. The van der Waals surface area contributed by atoms with Gasteiger partial charge < -0.3 is 9.88 Å². The zero-order chi connectivity index (χ0) is 18.5. The minimum atomic E-state index is -3.49. The van der Waals surface area contributed by atoms with Crippen molar-refractivity contribution >= 4 is 26.6 Å². The fourth-order valence-corrected chi connectivity index (χ4v) is 4.71. The lowest BCUT2D eigenvalue weighted by Gasteiger charge is -2.48. The van der Waals surface area contributed by atoms with E-state index in [9.17, 15) is 18.5 Å². The number of aromatic amines is 1. The number of nitrogens with zero attached hydrogens (tertiary/aromatic N) is 3. The molecule has 1 spiro atoms. The number of hydrogen-bond donors (Lipinski definition) is 1. The van der Waals surface area contributed by atoms with Gasteiger partial charge in [-0.25, -0.2) is 13.4 Å². The summed E-state index contributed by atoms with van der Waals surface area (Å²) in [6.07, 6.45) is 6.92. The Morgan fingerprint density at radius 1 is 1.23 bits per heavy atom. The summed E-state index contributed by atoms with van der Waals surface area (Å²) in [6.45, 7) is 1.50. The standard InChI is InChI=1S/C18H20N4O3S/c1-26(24,25)14-4-3-13-15(21-14)16(12(11-19)17(23)20-13)22-9-7-18(8-10-22)5-2-6-18/h3-4H,2,5-10H2,1H3,(H,20,23). The van der Waals surface area contributed by atoms with E-state index in [-0.39, 0.29) is 10.6 Å². The Hall–Kier alpha value is -2.40. The fraction of sp³-hybridized carbons (Fsp3) is 0.500. The van der Waals surface area contributed by atoms with Crippen LogP contribution in [0.25, 0.3) is 11.0 Å². The molecule has 8 heteroatoms. The molecule has 2 fully saturated rings. The SMILES string of the molecule is CS(=O)(=O)c1ccc2[nH]c(=O)c(C#N)c(N3CCC4(CCC4)CC3)c2n1. The van der Waals surface area contributed by atoms with E-state index in [0.717, 1.165) is 32.2 Å². The highest BCUT2D eigenvalue weighted by Gasteiger charge is 2.40. The normalized spacial score (nSPS) is 19.3. The van der Waals surface area contributed by atoms with Gasteiger partial charge in [0.15, 0.2) is 14.9 Å². The van der Waals surface area contributed by atoms with Crippen molar-refractivity contribution < 1.29 is 8.42 Å². The molecular weight excluding hydrogens is 352 g/mol. The number of H-pyrrole nitrogens is 1. The van der Waals surface area contributed by atoms with Crippen LogP contribution in [0.5, 0.6) is 0 Å². The summed E-state index contributed by atoms with van der Waals surface area (Å²) in [5.74, 6) is 0. The van der Waals surface area contributed by atoms with Crippen molar-refractivity contribution in [3.8, 4) is 6.07 Å². The van der Waals surface area contributed by atoms with Crippen molar-refractivity contribution in [2.45, 2.75) is 37.1 Å². The molecule has 0 bridgehead atoms. The maximum absolute atomic E-state index is 12.4. The van der Waals surface area contributed by atoms with E-state index in [4.69, 9.17) is 0 Å². The molecular formula is C18H20N4O3S. The highest BCUT2D eigenvalue weighted by molar-refractivity contribution is 7.90. The van der Waals surface area contributed by atoms with Crippen molar-refractivity contribution in [2.75, 3.05) is 24.2 Å². The molecule has 0 aromatic carbocycles. The monoisotopic (exact) mass is 372 g/mol. The van der Waals surface area contributed by atoms with Crippen molar-refractivity contribution in [2.24, 2.45) is 5.41 Å². The maximum Gasteiger partial charge on any atom is 0.268 e. The van der Waals surface area contributed by atoms with Gasteiger partial charge >= 0.3 is 0 Å². The van der Waals surface area contributed by atoms with E-state index in [1.54, 1.807) is 6.07 Å². The average Bonchev–Trinajstić information content (AvgIpc) is 2.58. The summed E-state index contributed by atoms with van der Waals surface area (Å²) in [6, 6.07) is 4.91. The van der Waals surface area contributed by atoms with E-state index in [1.807, 2.05) is 11.0 Å². The van der Waals surface area contributed by atoms with E-state index >= 15 is 0 Å². The molecule has 0 amide bonds. The van der Waals surface area contributed by atoms with Gasteiger partial charge in [-0.3, -0.25) is 4.79 Å². The quantitative estimate of drug-likeness (QED) is 0.864. The zero-order valence-electron chi connectivity index (χ0n) is 14.6. The van der Waals surface area contributed by atoms with Crippen molar-refractivity contribution in [3.05, 3.63) is 28.0 Å². The molecule has 1 N–H and O–H groups in total. The topological polar surface area (TPSA) is 107 Å². The third-order valence-electron chi connectivity index (χ3n) is 5.85. The molecule has 1 aliphatic heterocycles. The van der Waals surface area contributed by atoms with Crippen LogP contribution in [0, 0.1) is 16.7 Å². The molecule has 136 valence electrons. The van der Waals surface area contributed by atoms with Gasteiger partial charge in [-0.1, -0.05) is 6.42 Å². The number of nitrogens with one attached hydrogen (secondary N) is 1. The van der Waals surface area contributed by atoms with Crippen LogP contribution >= 0.6 is 0 Å². The molecule has 0 radical (unpaired) electrons. The number of fused-ring (bicyclic) bond motifs is 1. The van der Waals surface area contributed by atoms with Gasteiger partial charge in [-0.2, -0.15) is 5.26 Å². The minimum absolute atomic E-state index is 0.000195. The Morgan fingerprint density at radius 3 is 2.46 bits per heavy atom. The molecule has 3 heterocycles. The number of aromatic nitrogens is 2. The number of rotatable bonds is 2. The summed E-state index contributed by atoms with van der Waals surface area (Å²) in [7, 11) is -3.49. The van der Waals surface area contributed by atoms with Crippen LogP contribution in [0.4, 0.5) is 5.69 Å². The first-order valence-corrected chi connectivity index (χ1v) is 10.6. The van der Waals surface area contributed by atoms with Gasteiger partial charge in [0.1, 0.15) is 17.1 Å². The van der Waals surface area contributed by atoms with Crippen molar-refractivity contribution in [1.82, 2.24) is 9.97 Å². The van der Waals surface area contributed by atoms with E-state index in [0.29, 0.717) is 22.1 Å². The Kier molecular flexibility index (Phi) is 3.81. The van der Waals surface area contributed by atoms with E-state index in [2.05, 4.69) is 9.97 Å². The van der Waals surface area contributed by atoms with Gasteiger partial charge in [0, 0.05) is 19.3 Å². The number of nitriles is 1. The summed E-state index contributed by atoms with van der Waals surface area (Å²) in [4.78, 5) is 21.3. The summed E-state index contributed by atoms with van der Waals surface area (Å²) in [5.41, 5.74) is 1.24. The minimum Gasteiger partial charge on any atom is -0.368 e. The first-order valence-electron chi connectivity index (χ1n) is 8.75. The van der Waals surface area contributed by atoms with Gasteiger partial charge in [0.2, 0.25) is 0 Å². The Labute approximate surface area is 151 Å². The fourth-order valence-electron chi connectivity index (χ4n) is 4.13. The molecule has 4 rings (SSSR count). The number of pyridine rings is 2. The number of piperidine rings is 1. The predicted molar refractivity (Wildman–Crippen MR) is 97.9 cm³/mol. The number of hydrogen-bond acceptors (Lipinski definition) is 6. The third kappa shape index (κ3) is 2.67. The number of anilines is 1. The Balaban J connectivity index is 1.88. The molecule has 1 saturated carbocycles. The van der Waals surface area contributed by atoms with Gasteiger partial charge in [0.05, 0.1) is 11.2 Å². The van der Waals surface area contributed by atoms with Crippen LogP contribution in [0.2, 0.25) is 0 Å². The molecule has 0 atom stereocenters. The zero-order valence-corrected chi connectivity index (χ0v) is 15.4. The summed E-state index contributed by atoms with van der Waals surface area (Å²) >= 11 is 0.